The van der Waals surface area contributed by atoms with Gasteiger partial charge in [0, 0.05) is 5.92 Å². The third-order valence-corrected chi connectivity index (χ3v) is 2.46. The van der Waals surface area contributed by atoms with Gasteiger partial charge >= 0.3 is 0 Å². The molecule has 1 nitrogen and oxygen atoms in total. The zero-order valence-electron chi connectivity index (χ0n) is 8.64. The first-order valence-electron chi connectivity index (χ1n) is 4.93. The van der Waals surface area contributed by atoms with Crippen LogP contribution >= 0.6 is 0 Å². The summed E-state index contributed by atoms with van der Waals surface area (Å²) in [6.07, 6.45) is 4.31. The van der Waals surface area contributed by atoms with Gasteiger partial charge < -0.3 is 5.11 Å². The molecule has 0 aromatic heterocycles. The maximum atomic E-state index is 9.65. The van der Waals surface area contributed by atoms with Crippen LogP contribution in [0.4, 0.5) is 0 Å². The zero-order valence-corrected chi connectivity index (χ0v) is 8.64. The first-order chi connectivity index (χ1) is 5.59. The molecule has 12 heavy (non-hydrogen) atoms. The maximum Gasteiger partial charge on any atom is 0.0602 e. The molecule has 0 aliphatic heterocycles. The minimum absolute atomic E-state index is 0.186. The average molecular weight is 170 g/mol. The highest BCUT2D eigenvalue weighted by atomic mass is 16.3. The number of aliphatic hydroxyl groups excluding tert-OH is 1. The molecule has 0 radical (unpaired) electrons. The standard InChI is InChI=1S/C11H22O/c1-5-6-7-8-11(12)10(4)9(2)3/h10-12H,2,5-8H2,1,3-4H3/t10-,11+/m0/s1. The van der Waals surface area contributed by atoms with E-state index in [0.717, 1.165) is 18.4 Å². The van der Waals surface area contributed by atoms with Crippen LogP contribution in [0.3, 0.4) is 0 Å². The van der Waals surface area contributed by atoms with Crippen LogP contribution in [0.25, 0.3) is 0 Å². The van der Waals surface area contributed by atoms with Crippen molar-refractivity contribution in [3.63, 3.8) is 0 Å². The lowest BCUT2D eigenvalue weighted by atomic mass is 9.94. The average Bonchev–Trinajstić information content (AvgIpc) is 2.03. The van der Waals surface area contributed by atoms with Gasteiger partial charge in [0.15, 0.2) is 0 Å². The number of hydrogen-bond donors (Lipinski definition) is 1. The van der Waals surface area contributed by atoms with Crippen LogP contribution in [-0.4, -0.2) is 11.2 Å². The molecule has 0 aromatic carbocycles. The van der Waals surface area contributed by atoms with Gasteiger partial charge in [-0.05, 0) is 13.3 Å². The number of rotatable bonds is 6. The second-order valence-corrected chi connectivity index (χ2v) is 3.70. The van der Waals surface area contributed by atoms with Crippen LogP contribution < -0.4 is 0 Å². The minimum atomic E-state index is -0.186. The summed E-state index contributed by atoms with van der Waals surface area (Å²) in [5, 5.41) is 9.65. The molecule has 2 atom stereocenters. The van der Waals surface area contributed by atoms with Crippen LogP contribution in [0.15, 0.2) is 12.2 Å². The van der Waals surface area contributed by atoms with Gasteiger partial charge in [-0.2, -0.15) is 0 Å². The molecule has 72 valence electrons. The van der Waals surface area contributed by atoms with Crippen LogP contribution in [0.1, 0.15) is 46.5 Å². The second-order valence-electron chi connectivity index (χ2n) is 3.70. The SMILES string of the molecule is C=C(C)[C@H](C)[C@H](O)CCCCC. The summed E-state index contributed by atoms with van der Waals surface area (Å²) in [4.78, 5) is 0. The van der Waals surface area contributed by atoms with Gasteiger partial charge in [0.05, 0.1) is 6.10 Å². The molecule has 0 rings (SSSR count). The third-order valence-electron chi connectivity index (χ3n) is 2.46. The largest absolute Gasteiger partial charge is 0.393 e. The molecule has 0 fully saturated rings. The molecular weight excluding hydrogens is 148 g/mol. The molecule has 1 N–H and O–H groups in total. The van der Waals surface area contributed by atoms with Crippen molar-refractivity contribution >= 4 is 0 Å². The Labute approximate surface area is 76.5 Å². The topological polar surface area (TPSA) is 20.2 Å². The first kappa shape index (κ1) is 11.7. The summed E-state index contributed by atoms with van der Waals surface area (Å²) in [7, 11) is 0. The third kappa shape index (κ3) is 4.55. The summed E-state index contributed by atoms with van der Waals surface area (Å²) >= 11 is 0. The van der Waals surface area contributed by atoms with Crippen molar-refractivity contribution in [3.8, 4) is 0 Å². The molecule has 1 heteroatoms. The van der Waals surface area contributed by atoms with E-state index in [4.69, 9.17) is 0 Å². The van der Waals surface area contributed by atoms with Gasteiger partial charge in [-0.3, -0.25) is 0 Å². The molecule has 0 aromatic rings. The molecule has 0 saturated carbocycles. The van der Waals surface area contributed by atoms with E-state index < -0.39 is 0 Å². The summed E-state index contributed by atoms with van der Waals surface area (Å²) in [5.41, 5.74) is 1.08. The fourth-order valence-electron chi connectivity index (χ4n) is 1.18. The number of hydrogen-bond acceptors (Lipinski definition) is 1. The highest BCUT2D eigenvalue weighted by Gasteiger charge is 2.13. The number of aliphatic hydroxyl groups is 1. The van der Waals surface area contributed by atoms with Gasteiger partial charge in [-0.15, -0.1) is 0 Å². The van der Waals surface area contributed by atoms with Crippen LogP contribution in [-0.2, 0) is 0 Å². The van der Waals surface area contributed by atoms with Crippen molar-refractivity contribution in [1.82, 2.24) is 0 Å². The summed E-state index contributed by atoms with van der Waals surface area (Å²) in [6.45, 7) is 10.0. The molecule has 0 unspecified atom stereocenters. The summed E-state index contributed by atoms with van der Waals surface area (Å²) < 4.78 is 0. The Morgan fingerprint density at radius 3 is 2.42 bits per heavy atom. The molecular formula is C11H22O. The van der Waals surface area contributed by atoms with Crippen molar-refractivity contribution in [2.24, 2.45) is 5.92 Å². The zero-order chi connectivity index (χ0) is 9.56. The molecule has 0 aliphatic rings. The van der Waals surface area contributed by atoms with Crippen LogP contribution in [0, 0.1) is 5.92 Å². The Balaban J connectivity index is 3.56. The fourth-order valence-corrected chi connectivity index (χ4v) is 1.18. The highest BCUT2D eigenvalue weighted by molar-refractivity contribution is 4.96. The van der Waals surface area contributed by atoms with E-state index in [-0.39, 0.29) is 12.0 Å². The highest BCUT2D eigenvalue weighted by Crippen LogP contribution is 2.17. The predicted molar refractivity (Wildman–Crippen MR) is 54.1 cm³/mol. The van der Waals surface area contributed by atoms with E-state index in [2.05, 4.69) is 13.5 Å². The van der Waals surface area contributed by atoms with Crippen molar-refractivity contribution in [3.05, 3.63) is 12.2 Å². The second kappa shape index (κ2) is 6.24. The van der Waals surface area contributed by atoms with E-state index in [1.165, 1.54) is 12.8 Å². The molecule has 0 heterocycles. The predicted octanol–water partition coefficient (Wildman–Crippen LogP) is 3.14. The molecule has 0 aliphatic carbocycles. The molecule has 0 saturated heterocycles. The van der Waals surface area contributed by atoms with E-state index in [9.17, 15) is 5.11 Å². The Bertz CT molecular complexity index is 129. The summed E-state index contributed by atoms with van der Waals surface area (Å²) in [5.74, 6) is 0.252. The van der Waals surface area contributed by atoms with Gasteiger partial charge in [-0.1, -0.05) is 45.3 Å². The fraction of sp³-hybridized carbons (Fsp3) is 0.818. The van der Waals surface area contributed by atoms with Gasteiger partial charge in [0.1, 0.15) is 0 Å². The van der Waals surface area contributed by atoms with Gasteiger partial charge in [-0.25, -0.2) is 0 Å². The normalized spacial score (nSPS) is 15.7. The van der Waals surface area contributed by atoms with Crippen molar-refractivity contribution in [1.29, 1.82) is 0 Å². The maximum absolute atomic E-state index is 9.65. The lowest BCUT2D eigenvalue weighted by molar-refractivity contribution is 0.120. The lowest BCUT2D eigenvalue weighted by Gasteiger charge is -2.18. The van der Waals surface area contributed by atoms with E-state index in [0.29, 0.717) is 0 Å². The Morgan fingerprint density at radius 1 is 1.42 bits per heavy atom. The number of unbranched alkanes of at least 4 members (excludes halogenated alkanes) is 2. The minimum Gasteiger partial charge on any atom is -0.393 e. The van der Waals surface area contributed by atoms with Crippen LogP contribution in [0.2, 0.25) is 0 Å². The Morgan fingerprint density at radius 2 is 2.00 bits per heavy atom. The Kier molecular flexibility index (Phi) is 6.09. The van der Waals surface area contributed by atoms with E-state index in [1.54, 1.807) is 0 Å². The van der Waals surface area contributed by atoms with Gasteiger partial charge in [0.25, 0.3) is 0 Å². The van der Waals surface area contributed by atoms with Crippen molar-refractivity contribution < 1.29 is 5.11 Å². The summed E-state index contributed by atoms with van der Waals surface area (Å²) in [6, 6.07) is 0. The van der Waals surface area contributed by atoms with E-state index >= 15 is 0 Å². The Hall–Kier alpha value is -0.300. The quantitative estimate of drug-likeness (QED) is 0.479. The molecule has 0 bridgehead atoms. The monoisotopic (exact) mass is 170 g/mol. The van der Waals surface area contributed by atoms with Crippen LogP contribution in [0.5, 0.6) is 0 Å². The van der Waals surface area contributed by atoms with Crippen molar-refractivity contribution in [2.45, 2.75) is 52.6 Å². The molecule has 0 amide bonds. The smallest absolute Gasteiger partial charge is 0.0602 e. The lowest BCUT2D eigenvalue weighted by Crippen LogP contribution is -2.17. The molecule has 0 spiro atoms. The van der Waals surface area contributed by atoms with E-state index in [1.807, 2.05) is 13.8 Å². The van der Waals surface area contributed by atoms with Crippen molar-refractivity contribution in [2.75, 3.05) is 0 Å². The first-order valence-corrected chi connectivity index (χ1v) is 4.93. The van der Waals surface area contributed by atoms with Gasteiger partial charge in [0.2, 0.25) is 0 Å².